The van der Waals surface area contributed by atoms with Crippen LogP contribution >= 0.6 is 0 Å². The molecule has 0 radical (unpaired) electrons. The fourth-order valence-electron chi connectivity index (χ4n) is 3.90. The van der Waals surface area contributed by atoms with E-state index in [1.807, 2.05) is 19.9 Å². The number of ether oxygens (including phenoxy) is 3. The van der Waals surface area contributed by atoms with E-state index in [1.165, 1.54) is 12.1 Å². The molecule has 4 rings (SSSR count). The Balaban J connectivity index is 1.75. The number of benzene rings is 2. The molecule has 9 heteroatoms. The first-order valence-corrected chi connectivity index (χ1v) is 11.4. The summed E-state index contributed by atoms with van der Waals surface area (Å²) in [4.78, 5) is 24.4. The van der Waals surface area contributed by atoms with Gasteiger partial charge in [0.25, 0.3) is 5.91 Å². The largest absolute Gasteiger partial charge is 0.492 e. The zero-order valence-electron chi connectivity index (χ0n) is 19.9. The lowest BCUT2D eigenvalue weighted by Crippen LogP contribution is -2.36. The summed E-state index contributed by atoms with van der Waals surface area (Å²) in [6.07, 6.45) is 0. The number of hydrogen-bond donors (Lipinski definition) is 1. The van der Waals surface area contributed by atoms with E-state index in [0.717, 1.165) is 18.8 Å². The molecule has 8 nitrogen and oxygen atoms in total. The topological polar surface area (TPSA) is 85.8 Å². The van der Waals surface area contributed by atoms with Crippen LogP contribution in [-0.2, 0) is 4.74 Å². The Morgan fingerprint density at radius 3 is 2.41 bits per heavy atom. The van der Waals surface area contributed by atoms with Crippen LogP contribution in [0.25, 0.3) is 11.0 Å². The molecule has 0 aliphatic carbocycles. The molecule has 1 N–H and O–H groups in total. The molecule has 0 bridgehead atoms. The second-order valence-electron chi connectivity index (χ2n) is 7.95. The lowest BCUT2D eigenvalue weighted by Gasteiger charge is -2.31. The van der Waals surface area contributed by atoms with Crippen molar-refractivity contribution in [2.75, 3.05) is 49.7 Å². The van der Waals surface area contributed by atoms with Crippen molar-refractivity contribution in [2.45, 2.75) is 27.7 Å². The van der Waals surface area contributed by atoms with Crippen molar-refractivity contribution in [3.63, 3.8) is 0 Å². The van der Waals surface area contributed by atoms with Gasteiger partial charge in [0.05, 0.1) is 60.3 Å². The second-order valence-corrected chi connectivity index (χ2v) is 7.95. The van der Waals surface area contributed by atoms with Gasteiger partial charge in [-0.25, -0.2) is 14.4 Å². The number of anilines is 2. The van der Waals surface area contributed by atoms with E-state index >= 15 is 0 Å². The van der Waals surface area contributed by atoms with Gasteiger partial charge < -0.3 is 24.4 Å². The Hall–Kier alpha value is -3.46. The minimum Gasteiger partial charge on any atom is -0.492 e. The Kier molecular flexibility index (Phi) is 7.12. The highest BCUT2D eigenvalue weighted by Crippen LogP contribution is 2.39. The highest BCUT2D eigenvalue weighted by Gasteiger charge is 2.22. The van der Waals surface area contributed by atoms with E-state index in [1.54, 1.807) is 19.9 Å². The van der Waals surface area contributed by atoms with Gasteiger partial charge in [-0.05, 0) is 33.8 Å². The Labute approximate surface area is 198 Å². The zero-order chi connectivity index (χ0) is 24.2. The van der Waals surface area contributed by atoms with Crippen LogP contribution in [0.1, 0.15) is 35.6 Å². The monoisotopic (exact) mass is 468 g/mol. The average molecular weight is 469 g/mol. The molecule has 1 amide bonds. The summed E-state index contributed by atoms with van der Waals surface area (Å²) in [7, 11) is 0. The molecule has 0 saturated carbocycles. The molecule has 1 aliphatic heterocycles. The molecule has 0 unspecified atom stereocenters. The molecule has 1 fully saturated rings. The van der Waals surface area contributed by atoms with Crippen molar-refractivity contribution in [2.24, 2.45) is 0 Å². The summed E-state index contributed by atoms with van der Waals surface area (Å²) >= 11 is 0. The molecule has 34 heavy (non-hydrogen) atoms. The number of fused-ring (bicyclic) bond motifs is 1. The second kappa shape index (κ2) is 10.2. The van der Waals surface area contributed by atoms with Crippen LogP contribution in [0, 0.1) is 19.7 Å². The van der Waals surface area contributed by atoms with E-state index in [0.29, 0.717) is 66.0 Å². The van der Waals surface area contributed by atoms with E-state index in [-0.39, 0.29) is 5.56 Å². The van der Waals surface area contributed by atoms with Crippen LogP contribution in [0.3, 0.4) is 0 Å². The summed E-state index contributed by atoms with van der Waals surface area (Å²) in [6.45, 7) is 10.9. The fourth-order valence-corrected chi connectivity index (χ4v) is 3.90. The first kappa shape index (κ1) is 23.7. The quantitative estimate of drug-likeness (QED) is 0.554. The Morgan fingerprint density at radius 2 is 1.71 bits per heavy atom. The number of aryl methyl sites for hydroxylation is 2. The summed E-state index contributed by atoms with van der Waals surface area (Å²) in [5.41, 5.74) is 3.44. The number of carbonyl (C=O) groups is 1. The van der Waals surface area contributed by atoms with Crippen molar-refractivity contribution in [3.8, 4) is 11.5 Å². The molecule has 1 saturated heterocycles. The average Bonchev–Trinajstić information content (AvgIpc) is 2.82. The van der Waals surface area contributed by atoms with Gasteiger partial charge in [-0.3, -0.25) is 4.79 Å². The van der Waals surface area contributed by atoms with Crippen molar-refractivity contribution < 1.29 is 23.4 Å². The van der Waals surface area contributed by atoms with Crippen LogP contribution in [-0.4, -0.2) is 55.4 Å². The summed E-state index contributed by atoms with van der Waals surface area (Å²) in [6, 6.07) is 6.07. The molecule has 3 aromatic rings. The number of aromatic nitrogens is 2. The van der Waals surface area contributed by atoms with Gasteiger partial charge in [-0.15, -0.1) is 0 Å². The van der Waals surface area contributed by atoms with Crippen molar-refractivity contribution in [3.05, 3.63) is 47.0 Å². The minimum absolute atomic E-state index is 0.100. The minimum atomic E-state index is -0.557. The fraction of sp³-hybridized carbons (Fsp3) is 0.400. The van der Waals surface area contributed by atoms with Crippen LogP contribution in [0.4, 0.5) is 15.8 Å². The summed E-state index contributed by atoms with van der Waals surface area (Å²) < 4.78 is 31.6. The van der Waals surface area contributed by atoms with Crippen molar-refractivity contribution in [1.29, 1.82) is 0 Å². The number of carbonyl (C=O) groups excluding carboxylic acids is 1. The van der Waals surface area contributed by atoms with Gasteiger partial charge in [-0.2, -0.15) is 0 Å². The number of amides is 1. The maximum absolute atomic E-state index is 14.3. The number of nitrogens with one attached hydrogen (secondary N) is 1. The highest BCUT2D eigenvalue weighted by atomic mass is 19.1. The lowest BCUT2D eigenvalue weighted by molar-refractivity contribution is 0.102. The van der Waals surface area contributed by atoms with Crippen LogP contribution in [0.5, 0.6) is 11.5 Å². The van der Waals surface area contributed by atoms with E-state index in [2.05, 4.69) is 20.2 Å². The third kappa shape index (κ3) is 4.89. The third-order valence-electron chi connectivity index (χ3n) is 5.65. The molecule has 0 atom stereocenters. The predicted molar refractivity (Wildman–Crippen MR) is 129 cm³/mol. The van der Waals surface area contributed by atoms with E-state index in [9.17, 15) is 9.18 Å². The Bertz CT molecular complexity index is 1210. The van der Waals surface area contributed by atoms with Crippen LogP contribution in [0.2, 0.25) is 0 Å². The number of halogens is 1. The smallest absolute Gasteiger partial charge is 0.258 e. The van der Waals surface area contributed by atoms with Gasteiger partial charge >= 0.3 is 0 Å². The first-order chi connectivity index (χ1) is 16.4. The highest BCUT2D eigenvalue weighted by molar-refractivity contribution is 6.12. The number of rotatable bonds is 7. The summed E-state index contributed by atoms with van der Waals surface area (Å²) in [5, 5.41) is 2.87. The third-order valence-corrected chi connectivity index (χ3v) is 5.65. The molecule has 2 aromatic carbocycles. The molecule has 180 valence electrons. The lowest BCUT2D eigenvalue weighted by atomic mass is 10.1. The first-order valence-electron chi connectivity index (χ1n) is 11.4. The molecular weight excluding hydrogens is 439 g/mol. The molecule has 2 heterocycles. The Morgan fingerprint density at radius 1 is 1.03 bits per heavy atom. The zero-order valence-corrected chi connectivity index (χ0v) is 19.9. The van der Waals surface area contributed by atoms with Gasteiger partial charge in [0.15, 0.2) is 0 Å². The number of hydrogen-bond acceptors (Lipinski definition) is 7. The molecule has 1 aromatic heterocycles. The molecular formula is C25H29FN4O4. The van der Waals surface area contributed by atoms with Crippen molar-refractivity contribution in [1.82, 2.24) is 9.97 Å². The van der Waals surface area contributed by atoms with Crippen LogP contribution in [0.15, 0.2) is 24.3 Å². The van der Waals surface area contributed by atoms with Gasteiger partial charge in [-0.1, -0.05) is 0 Å². The van der Waals surface area contributed by atoms with E-state index < -0.39 is 11.7 Å². The molecule has 1 aliphatic rings. The standard InChI is InChI=1S/C25H29FN4O4/c1-5-33-22-14-21(30-7-9-32-10-8-30)23(34-6-2)13-19(22)29-25(31)18-11-17(26)12-20-24(18)28-16(4)15(3)27-20/h11-14H,5-10H2,1-4H3,(H,29,31). The van der Waals surface area contributed by atoms with Gasteiger partial charge in [0.2, 0.25) is 0 Å². The van der Waals surface area contributed by atoms with Crippen molar-refractivity contribution >= 4 is 28.3 Å². The maximum atomic E-state index is 14.3. The molecule has 0 spiro atoms. The maximum Gasteiger partial charge on any atom is 0.258 e. The predicted octanol–water partition coefficient (Wildman–Crippen LogP) is 4.27. The van der Waals surface area contributed by atoms with Gasteiger partial charge in [0.1, 0.15) is 22.8 Å². The van der Waals surface area contributed by atoms with Gasteiger partial charge in [0, 0.05) is 31.3 Å². The van der Waals surface area contributed by atoms with E-state index in [4.69, 9.17) is 14.2 Å². The SMILES string of the molecule is CCOc1cc(N2CCOCC2)c(OCC)cc1NC(=O)c1cc(F)cc2nc(C)c(C)nc12. The normalized spacial score (nSPS) is 13.7. The summed E-state index contributed by atoms with van der Waals surface area (Å²) in [5.74, 6) is 0.0561. The number of morpholine rings is 1. The van der Waals surface area contributed by atoms with Crippen LogP contribution < -0.4 is 19.7 Å². The number of nitrogens with zero attached hydrogens (tertiary/aromatic N) is 3.